The Balaban J connectivity index is 1.29. The zero-order valence-corrected chi connectivity index (χ0v) is 18.9. The molecule has 11 heteroatoms. The Bertz CT molecular complexity index is 1300. The van der Waals surface area contributed by atoms with E-state index in [0.29, 0.717) is 31.9 Å². The highest BCUT2D eigenvalue weighted by atomic mass is 19.1. The molecular formula is C24H23FN8O2. The molecule has 0 atom stereocenters. The van der Waals surface area contributed by atoms with Crippen molar-refractivity contribution in [3.63, 3.8) is 0 Å². The second kappa shape index (κ2) is 9.84. The van der Waals surface area contributed by atoms with E-state index < -0.39 is 0 Å². The lowest BCUT2D eigenvalue weighted by Crippen LogP contribution is -2.51. The van der Waals surface area contributed by atoms with Crippen LogP contribution in [0, 0.1) is 5.82 Å². The lowest BCUT2D eigenvalue weighted by molar-refractivity contribution is -0.139. The number of rotatable bonds is 6. The van der Waals surface area contributed by atoms with Crippen LogP contribution in [0.1, 0.15) is 5.56 Å². The number of hydrogen-bond donors (Lipinski definition) is 0. The van der Waals surface area contributed by atoms with Crippen molar-refractivity contribution in [3.8, 4) is 16.9 Å². The molecule has 0 saturated carbocycles. The van der Waals surface area contributed by atoms with Crippen molar-refractivity contribution in [3.05, 3.63) is 78.5 Å². The molecule has 2 amide bonds. The summed E-state index contributed by atoms with van der Waals surface area (Å²) in [5.41, 5.74) is 2.99. The highest BCUT2D eigenvalue weighted by Gasteiger charge is 2.26. The van der Waals surface area contributed by atoms with Crippen LogP contribution in [0.4, 0.5) is 4.39 Å². The Morgan fingerprint density at radius 1 is 0.886 bits per heavy atom. The minimum Gasteiger partial charge on any atom is -0.339 e. The molecule has 2 aromatic heterocycles. The Hall–Kier alpha value is -4.41. The molecule has 1 aliphatic heterocycles. The molecule has 0 aliphatic carbocycles. The fraction of sp³-hybridized carbons (Fsp3) is 0.250. The fourth-order valence-corrected chi connectivity index (χ4v) is 4.07. The largest absolute Gasteiger partial charge is 0.339 e. The summed E-state index contributed by atoms with van der Waals surface area (Å²) in [5.74, 6) is -0.470. The van der Waals surface area contributed by atoms with Crippen LogP contribution in [0.3, 0.4) is 0 Å². The molecule has 3 heterocycles. The van der Waals surface area contributed by atoms with Gasteiger partial charge in [-0.15, -0.1) is 5.10 Å². The molecule has 0 bridgehead atoms. The zero-order chi connectivity index (χ0) is 24.2. The lowest BCUT2D eigenvalue weighted by atomic mass is 10.1. The van der Waals surface area contributed by atoms with Gasteiger partial charge in [0.1, 0.15) is 18.7 Å². The van der Waals surface area contributed by atoms with Gasteiger partial charge in [0.2, 0.25) is 11.8 Å². The molecule has 1 fully saturated rings. The molecule has 1 saturated heterocycles. The number of halogens is 1. The smallest absolute Gasteiger partial charge is 0.244 e. The Kier molecular flexibility index (Phi) is 6.29. The van der Waals surface area contributed by atoms with Gasteiger partial charge in [-0.1, -0.05) is 18.2 Å². The van der Waals surface area contributed by atoms with Crippen molar-refractivity contribution in [2.45, 2.75) is 13.0 Å². The first-order chi connectivity index (χ1) is 17.1. The summed E-state index contributed by atoms with van der Waals surface area (Å²) in [6, 6.07) is 15.7. The Morgan fingerprint density at radius 2 is 1.57 bits per heavy atom. The second-order valence-electron chi connectivity index (χ2n) is 8.24. The summed E-state index contributed by atoms with van der Waals surface area (Å²) < 4.78 is 16.6. The van der Waals surface area contributed by atoms with Gasteiger partial charge in [-0.2, -0.15) is 5.10 Å². The van der Waals surface area contributed by atoms with E-state index in [4.69, 9.17) is 5.10 Å². The van der Waals surface area contributed by atoms with Crippen LogP contribution in [0.15, 0.2) is 67.1 Å². The van der Waals surface area contributed by atoms with Crippen LogP contribution in [-0.4, -0.2) is 77.8 Å². The fourth-order valence-electron chi connectivity index (χ4n) is 4.07. The van der Waals surface area contributed by atoms with Gasteiger partial charge in [0.15, 0.2) is 0 Å². The minimum atomic E-state index is -0.332. The van der Waals surface area contributed by atoms with Crippen LogP contribution < -0.4 is 0 Å². The normalized spacial score (nSPS) is 13.7. The lowest BCUT2D eigenvalue weighted by Gasteiger charge is -2.34. The predicted octanol–water partition coefficient (Wildman–Crippen LogP) is 1.58. The van der Waals surface area contributed by atoms with Crippen LogP contribution in [-0.2, 0) is 22.6 Å². The Labute approximate surface area is 200 Å². The Morgan fingerprint density at radius 3 is 2.23 bits per heavy atom. The number of para-hydroxylation sites is 1. The average molecular weight is 475 g/mol. The quantitative estimate of drug-likeness (QED) is 0.421. The van der Waals surface area contributed by atoms with Gasteiger partial charge in [0.05, 0.1) is 17.8 Å². The van der Waals surface area contributed by atoms with Crippen LogP contribution in [0.5, 0.6) is 0 Å². The van der Waals surface area contributed by atoms with Gasteiger partial charge in [0, 0.05) is 43.5 Å². The van der Waals surface area contributed by atoms with Crippen LogP contribution >= 0.6 is 0 Å². The first-order valence-electron chi connectivity index (χ1n) is 11.2. The zero-order valence-electron chi connectivity index (χ0n) is 18.9. The van der Waals surface area contributed by atoms with E-state index >= 15 is 0 Å². The SMILES string of the molecule is O=C(Cc1cn(-c2ccccc2)nc1-c1ccc(F)cc1)N1CCN(C(=O)Cn2cnnn2)CC1. The summed E-state index contributed by atoms with van der Waals surface area (Å²) in [7, 11) is 0. The number of aromatic nitrogens is 6. The van der Waals surface area contributed by atoms with E-state index in [0.717, 1.165) is 16.8 Å². The molecule has 0 spiro atoms. The van der Waals surface area contributed by atoms with Crippen molar-refractivity contribution < 1.29 is 14.0 Å². The molecule has 10 nitrogen and oxygen atoms in total. The third-order valence-electron chi connectivity index (χ3n) is 5.94. The molecule has 178 valence electrons. The van der Waals surface area contributed by atoms with Crippen molar-refractivity contribution >= 4 is 11.8 Å². The summed E-state index contributed by atoms with van der Waals surface area (Å²) in [4.78, 5) is 29.1. The third-order valence-corrected chi connectivity index (χ3v) is 5.94. The first kappa shape index (κ1) is 22.4. The molecule has 2 aromatic carbocycles. The maximum Gasteiger partial charge on any atom is 0.244 e. The topological polar surface area (TPSA) is 102 Å². The number of hydrogen-bond acceptors (Lipinski definition) is 6. The molecule has 5 rings (SSSR count). The van der Waals surface area contributed by atoms with Gasteiger partial charge in [-0.3, -0.25) is 9.59 Å². The summed E-state index contributed by atoms with van der Waals surface area (Å²) >= 11 is 0. The summed E-state index contributed by atoms with van der Waals surface area (Å²) in [5, 5.41) is 15.5. The van der Waals surface area contributed by atoms with Crippen molar-refractivity contribution in [2.24, 2.45) is 0 Å². The van der Waals surface area contributed by atoms with E-state index in [9.17, 15) is 14.0 Å². The van der Waals surface area contributed by atoms with Gasteiger partial charge in [-0.05, 0) is 46.8 Å². The minimum absolute atomic E-state index is 0.0476. The first-order valence-corrected chi connectivity index (χ1v) is 11.2. The van der Waals surface area contributed by atoms with E-state index in [1.54, 1.807) is 26.6 Å². The van der Waals surface area contributed by atoms with Crippen molar-refractivity contribution in [1.82, 2.24) is 39.8 Å². The maximum atomic E-state index is 13.5. The monoisotopic (exact) mass is 474 g/mol. The number of piperazine rings is 1. The molecule has 4 aromatic rings. The number of benzene rings is 2. The van der Waals surface area contributed by atoms with E-state index in [1.165, 1.54) is 23.1 Å². The van der Waals surface area contributed by atoms with Gasteiger partial charge >= 0.3 is 0 Å². The van der Waals surface area contributed by atoms with Crippen molar-refractivity contribution in [2.75, 3.05) is 26.2 Å². The number of carbonyl (C=O) groups is 2. The second-order valence-corrected chi connectivity index (χ2v) is 8.24. The maximum absolute atomic E-state index is 13.5. The third kappa shape index (κ3) is 5.08. The predicted molar refractivity (Wildman–Crippen MR) is 124 cm³/mol. The van der Waals surface area contributed by atoms with Gasteiger partial charge in [0.25, 0.3) is 0 Å². The molecule has 1 aliphatic rings. The average Bonchev–Trinajstić information content (AvgIpc) is 3.55. The highest BCUT2D eigenvalue weighted by Crippen LogP contribution is 2.25. The number of amides is 2. The number of nitrogens with zero attached hydrogens (tertiary/aromatic N) is 8. The summed E-state index contributed by atoms with van der Waals surface area (Å²) in [6.45, 7) is 1.85. The highest BCUT2D eigenvalue weighted by molar-refractivity contribution is 5.82. The van der Waals surface area contributed by atoms with E-state index in [-0.39, 0.29) is 30.6 Å². The van der Waals surface area contributed by atoms with Gasteiger partial charge < -0.3 is 9.80 Å². The van der Waals surface area contributed by atoms with E-state index in [2.05, 4.69) is 15.5 Å². The van der Waals surface area contributed by atoms with Crippen LogP contribution in [0.2, 0.25) is 0 Å². The molecule has 0 unspecified atom stereocenters. The van der Waals surface area contributed by atoms with Gasteiger partial charge in [-0.25, -0.2) is 13.8 Å². The number of tetrazole rings is 1. The van der Waals surface area contributed by atoms with Crippen LogP contribution in [0.25, 0.3) is 16.9 Å². The molecule has 0 N–H and O–H groups in total. The molecule has 35 heavy (non-hydrogen) atoms. The molecular weight excluding hydrogens is 451 g/mol. The number of carbonyl (C=O) groups excluding carboxylic acids is 2. The summed E-state index contributed by atoms with van der Waals surface area (Å²) in [6.07, 6.45) is 3.39. The van der Waals surface area contributed by atoms with Crippen molar-refractivity contribution in [1.29, 1.82) is 0 Å². The standard InChI is InChI=1S/C24H23FN8O2/c25-20-8-6-18(7-9-20)24-19(15-33(27-24)21-4-2-1-3-5-21)14-22(34)30-10-12-31(13-11-30)23(35)16-32-17-26-28-29-32/h1-9,15,17H,10-14,16H2. The molecule has 0 radical (unpaired) electrons. The van der Waals surface area contributed by atoms with E-state index in [1.807, 2.05) is 36.5 Å².